The van der Waals surface area contributed by atoms with E-state index in [9.17, 15) is 9.59 Å². The van der Waals surface area contributed by atoms with Gasteiger partial charge in [-0.1, -0.05) is 74.5 Å². The van der Waals surface area contributed by atoms with Gasteiger partial charge in [0.2, 0.25) is 11.8 Å². The Morgan fingerprint density at radius 3 is 1.23 bits per heavy atom. The smallest absolute Gasteiger partial charge is 0.231 e. The standard InChI is InChI=1S/C26H28N2O2/c1-3-23(19-11-7-5-8-12-19)25(29)27-21-15-17-22(18-16-21)28-26(30)24(4-2)20-13-9-6-10-14-20/h5-18,23-24H,3-4H2,1-2H3,(H,27,29)(H,28,30)/t23-,24+. The van der Waals surface area contributed by atoms with Crippen molar-refractivity contribution in [2.75, 3.05) is 10.6 Å². The van der Waals surface area contributed by atoms with Crippen LogP contribution < -0.4 is 10.6 Å². The number of nitrogens with one attached hydrogen (secondary N) is 2. The highest BCUT2D eigenvalue weighted by molar-refractivity contribution is 5.97. The average Bonchev–Trinajstić information content (AvgIpc) is 2.78. The number of rotatable bonds is 8. The molecule has 4 nitrogen and oxygen atoms in total. The molecule has 3 aromatic carbocycles. The molecule has 154 valence electrons. The molecule has 4 heteroatoms. The molecule has 0 radical (unpaired) electrons. The van der Waals surface area contributed by atoms with Crippen LogP contribution in [0.25, 0.3) is 0 Å². The Kier molecular flexibility index (Phi) is 7.39. The van der Waals surface area contributed by atoms with Crippen molar-refractivity contribution < 1.29 is 9.59 Å². The van der Waals surface area contributed by atoms with Crippen LogP contribution in [0.5, 0.6) is 0 Å². The zero-order valence-corrected chi connectivity index (χ0v) is 17.5. The maximum Gasteiger partial charge on any atom is 0.231 e. The second-order valence-corrected chi connectivity index (χ2v) is 7.30. The summed E-state index contributed by atoms with van der Waals surface area (Å²) in [6, 6.07) is 26.8. The number of carbonyl (C=O) groups excluding carboxylic acids is 2. The van der Waals surface area contributed by atoms with Crippen LogP contribution in [0.3, 0.4) is 0 Å². The van der Waals surface area contributed by atoms with E-state index in [1.165, 1.54) is 0 Å². The number of carbonyl (C=O) groups is 2. The van der Waals surface area contributed by atoms with Crippen LogP contribution in [0.15, 0.2) is 84.9 Å². The summed E-state index contributed by atoms with van der Waals surface area (Å²) in [6.07, 6.45) is 1.45. The molecule has 0 fully saturated rings. The van der Waals surface area contributed by atoms with Crippen LogP contribution in [0.4, 0.5) is 11.4 Å². The van der Waals surface area contributed by atoms with Gasteiger partial charge in [-0.15, -0.1) is 0 Å². The molecule has 0 saturated heterocycles. The predicted molar refractivity (Wildman–Crippen MR) is 123 cm³/mol. The fraction of sp³-hybridized carbons (Fsp3) is 0.231. The minimum absolute atomic E-state index is 0.0318. The fourth-order valence-electron chi connectivity index (χ4n) is 3.61. The monoisotopic (exact) mass is 400 g/mol. The summed E-state index contributed by atoms with van der Waals surface area (Å²) in [4.78, 5) is 25.4. The van der Waals surface area contributed by atoms with Gasteiger partial charge in [0.15, 0.2) is 0 Å². The first kappa shape index (κ1) is 21.3. The summed E-state index contributed by atoms with van der Waals surface area (Å²) < 4.78 is 0. The molecule has 2 atom stereocenters. The minimum Gasteiger partial charge on any atom is -0.326 e. The zero-order chi connectivity index (χ0) is 21.3. The molecule has 0 unspecified atom stereocenters. The van der Waals surface area contributed by atoms with E-state index in [1.807, 2.05) is 98.8 Å². The second-order valence-electron chi connectivity index (χ2n) is 7.30. The lowest BCUT2D eigenvalue weighted by Crippen LogP contribution is -2.21. The number of hydrogen-bond donors (Lipinski definition) is 2. The molecule has 2 N–H and O–H groups in total. The summed E-state index contributed by atoms with van der Waals surface area (Å²) >= 11 is 0. The maximum absolute atomic E-state index is 12.7. The van der Waals surface area contributed by atoms with Gasteiger partial charge in [0.25, 0.3) is 0 Å². The lowest BCUT2D eigenvalue weighted by Gasteiger charge is -2.17. The number of hydrogen-bond acceptors (Lipinski definition) is 2. The summed E-state index contributed by atoms with van der Waals surface area (Å²) in [5, 5.41) is 5.96. The highest BCUT2D eigenvalue weighted by atomic mass is 16.2. The fourth-order valence-corrected chi connectivity index (χ4v) is 3.61. The molecule has 0 spiro atoms. The zero-order valence-electron chi connectivity index (χ0n) is 17.5. The van der Waals surface area contributed by atoms with Gasteiger partial charge >= 0.3 is 0 Å². The molecular weight excluding hydrogens is 372 g/mol. The van der Waals surface area contributed by atoms with E-state index in [-0.39, 0.29) is 23.7 Å². The van der Waals surface area contributed by atoms with Gasteiger partial charge in [-0.05, 0) is 48.2 Å². The quantitative estimate of drug-likeness (QED) is 0.491. The highest BCUT2D eigenvalue weighted by Crippen LogP contribution is 2.24. The highest BCUT2D eigenvalue weighted by Gasteiger charge is 2.20. The topological polar surface area (TPSA) is 58.2 Å². The van der Waals surface area contributed by atoms with Crippen molar-refractivity contribution in [3.8, 4) is 0 Å². The van der Waals surface area contributed by atoms with Gasteiger partial charge in [-0.2, -0.15) is 0 Å². The molecule has 0 aliphatic carbocycles. The molecule has 0 aliphatic heterocycles. The largest absolute Gasteiger partial charge is 0.326 e. The summed E-state index contributed by atoms with van der Waals surface area (Å²) in [5.41, 5.74) is 3.44. The summed E-state index contributed by atoms with van der Waals surface area (Å²) in [7, 11) is 0. The lowest BCUT2D eigenvalue weighted by molar-refractivity contribution is -0.118. The molecule has 0 saturated carbocycles. The third-order valence-electron chi connectivity index (χ3n) is 5.27. The molecule has 0 bridgehead atoms. The van der Waals surface area contributed by atoms with E-state index in [4.69, 9.17) is 0 Å². The number of anilines is 2. The first-order valence-corrected chi connectivity index (χ1v) is 10.4. The predicted octanol–water partition coefficient (Wildman–Crippen LogP) is 5.95. The lowest BCUT2D eigenvalue weighted by atomic mass is 9.95. The van der Waals surface area contributed by atoms with Gasteiger partial charge in [-0.25, -0.2) is 0 Å². The Bertz CT molecular complexity index is 873. The van der Waals surface area contributed by atoms with E-state index < -0.39 is 0 Å². The van der Waals surface area contributed by atoms with Gasteiger partial charge in [-0.3, -0.25) is 9.59 Å². The van der Waals surface area contributed by atoms with Crippen LogP contribution in [0.2, 0.25) is 0 Å². The van der Waals surface area contributed by atoms with Crippen LogP contribution >= 0.6 is 0 Å². The molecule has 3 aromatic rings. The number of benzene rings is 3. The van der Waals surface area contributed by atoms with E-state index in [2.05, 4.69) is 10.6 Å². The van der Waals surface area contributed by atoms with Crippen molar-refractivity contribution in [2.24, 2.45) is 0 Å². The normalized spacial score (nSPS) is 12.6. The Balaban J connectivity index is 1.63. The Hall–Kier alpha value is -3.40. The van der Waals surface area contributed by atoms with Crippen LogP contribution in [-0.2, 0) is 9.59 Å². The van der Waals surface area contributed by atoms with Gasteiger partial charge in [0.05, 0.1) is 11.8 Å². The van der Waals surface area contributed by atoms with Crippen molar-refractivity contribution in [1.82, 2.24) is 0 Å². The molecule has 0 aliphatic rings. The van der Waals surface area contributed by atoms with Crippen LogP contribution in [0, 0.1) is 0 Å². The van der Waals surface area contributed by atoms with E-state index in [0.717, 1.165) is 24.0 Å². The van der Waals surface area contributed by atoms with Gasteiger partial charge in [0.1, 0.15) is 0 Å². The average molecular weight is 401 g/mol. The Labute approximate surface area is 178 Å². The first-order chi connectivity index (χ1) is 14.6. The van der Waals surface area contributed by atoms with Gasteiger partial charge in [0, 0.05) is 11.4 Å². The molecule has 0 aromatic heterocycles. The SMILES string of the molecule is CC[C@H](C(=O)Nc1ccc(NC(=O)[C@H](CC)c2ccccc2)cc1)c1ccccc1. The third kappa shape index (κ3) is 5.35. The van der Waals surface area contributed by atoms with E-state index >= 15 is 0 Å². The first-order valence-electron chi connectivity index (χ1n) is 10.4. The maximum atomic E-state index is 12.7. The van der Waals surface area contributed by atoms with E-state index in [1.54, 1.807) is 0 Å². The van der Waals surface area contributed by atoms with E-state index in [0.29, 0.717) is 11.4 Å². The summed E-state index contributed by atoms with van der Waals surface area (Å²) in [6.45, 7) is 4.01. The molecule has 30 heavy (non-hydrogen) atoms. The Morgan fingerprint density at radius 1 is 0.600 bits per heavy atom. The Morgan fingerprint density at radius 2 is 0.933 bits per heavy atom. The van der Waals surface area contributed by atoms with Crippen LogP contribution in [0.1, 0.15) is 49.7 Å². The molecule has 0 heterocycles. The molecular formula is C26H28N2O2. The van der Waals surface area contributed by atoms with Crippen LogP contribution in [-0.4, -0.2) is 11.8 Å². The second kappa shape index (κ2) is 10.4. The molecule has 3 rings (SSSR count). The van der Waals surface area contributed by atoms with Crippen molar-refractivity contribution in [1.29, 1.82) is 0 Å². The summed E-state index contributed by atoms with van der Waals surface area (Å²) in [5.74, 6) is -0.449. The van der Waals surface area contributed by atoms with Crippen molar-refractivity contribution >= 4 is 23.2 Å². The van der Waals surface area contributed by atoms with Crippen molar-refractivity contribution in [2.45, 2.75) is 38.5 Å². The van der Waals surface area contributed by atoms with Gasteiger partial charge < -0.3 is 10.6 Å². The molecule has 2 amide bonds. The minimum atomic E-state index is -0.193. The number of amides is 2. The van der Waals surface area contributed by atoms with Crippen molar-refractivity contribution in [3.63, 3.8) is 0 Å². The third-order valence-corrected chi connectivity index (χ3v) is 5.27. The van der Waals surface area contributed by atoms with Crippen molar-refractivity contribution in [3.05, 3.63) is 96.1 Å².